The highest BCUT2D eigenvalue weighted by atomic mass is 35.5. The Hall–Kier alpha value is 0.01000. The molecule has 1 amide bonds. The van der Waals surface area contributed by atoms with E-state index in [-0.39, 0.29) is 6.61 Å². The maximum Gasteiger partial charge on any atom is 0.553 e. The molecule has 5 heteroatoms. The molecule has 0 aromatic rings. The molecule has 0 rings (SSSR count). The summed E-state index contributed by atoms with van der Waals surface area (Å²) in [5.74, 6) is 0. The third-order valence-corrected chi connectivity index (χ3v) is 0.864. The Morgan fingerprint density at radius 1 is 1.67 bits per heavy atom. The van der Waals surface area contributed by atoms with E-state index in [4.69, 9.17) is 23.6 Å². The first kappa shape index (κ1) is 9.01. The second kappa shape index (κ2) is 3.25. The number of carbonyl (C=O) groups excluding carboxylic acids is 1. The molecule has 9 heavy (non-hydrogen) atoms. The SMILES string of the molecule is CCOC(=O)[N+](C)(Cl)Cl. The molecule has 0 bridgehead atoms. The number of quaternary nitrogens is 1. The van der Waals surface area contributed by atoms with Crippen molar-refractivity contribution in [2.75, 3.05) is 13.7 Å². The van der Waals surface area contributed by atoms with Crippen LogP contribution in [0.4, 0.5) is 4.79 Å². The first-order chi connectivity index (χ1) is 3.98. The van der Waals surface area contributed by atoms with Gasteiger partial charge in [0.25, 0.3) is 0 Å². The normalized spacial score (nSPS) is 11.1. The van der Waals surface area contributed by atoms with Gasteiger partial charge in [0.1, 0.15) is 7.05 Å². The molecule has 0 aliphatic heterocycles. The van der Waals surface area contributed by atoms with E-state index in [1.165, 1.54) is 7.05 Å². The van der Waals surface area contributed by atoms with Gasteiger partial charge in [-0.3, -0.25) is 0 Å². The molecular weight excluding hydrogens is 165 g/mol. The monoisotopic (exact) mass is 172 g/mol. The van der Waals surface area contributed by atoms with Crippen molar-refractivity contribution >= 4 is 29.6 Å². The average Bonchev–Trinajstić information content (AvgIpc) is 1.64. The van der Waals surface area contributed by atoms with E-state index in [0.717, 1.165) is 0 Å². The number of hydrogen-bond acceptors (Lipinski definition) is 2. The average molecular weight is 173 g/mol. The van der Waals surface area contributed by atoms with Gasteiger partial charge >= 0.3 is 6.09 Å². The number of halogens is 2. The Morgan fingerprint density at radius 3 is 2.22 bits per heavy atom. The largest absolute Gasteiger partial charge is 0.553 e. The molecule has 0 atom stereocenters. The minimum absolute atomic E-state index is 0.284. The van der Waals surface area contributed by atoms with Crippen molar-refractivity contribution in [1.29, 1.82) is 0 Å². The molecule has 0 unspecified atom stereocenters. The van der Waals surface area contributed by atoms with Crippen LogP contribution >= 0.6 is 23.6 Å². The fraction of sp³-hybridized carbons (Fsp3) is 0.750. The smallest absolute Gasteiger partial charge is 0.418 e. The van der Waals surface area contributed by atoms with Crippen LogP contribution in [-0.2, 0) is 4.74 Å². The standard InChI is InChI=1S/C4H8Cl2NO2/c1-3-9-4(8)7(2,5)6/h3H2,1-2H3/q+1. The summed E-state index contributed by atoms with van der Waals surface area (Å²) in [5, 5.41) is 0. The van der Waals surface area contributed by atoms with Crippen molar-refractivity contribution in [1.82, 2.24) is 0 Å². The van der Waals surface area contributed by atoms with E-state index in [0.29, 0.717) is 0 Å². The van der Waals surface area contributed by atoms with Crippen molar-refractivity contribution in [3.63, 3.8) is 0 Å². The van der Waals surface area contributed by atoms with E-state index in [1.807, 2.05) is 0 Å². The van der Waals surface area contributed by atoms with Crippen LogP contribution in [0.2, 0.25) is 0 Å². The van der Waals surface area contributed by atoms with E-state index in [1.54, 1.807) is 6.92 Å². The van der Waals surface area contributed by atoms with Gasteiger partial charge < -0.3 is 4.74 Å². The Labute approximate surface area is 63.9 Å². The fourth-order valence-electron chi connectivity index (χ4n) is 0.237. The molecule has 0 fully saturated rings. The van der Waals surface area contributed by atoms with Crippen LogP contribution in [0.15, 0.2) is 0 Å². The van der Waals surface area contributed by atoms with Crippen LogP contribution in [0.3, 0.4) is 0 Å². The van der Waals surface area contributed by atoms with Crippen molar-refractivity contribution in [3.8, 4) is 0 Å². The molecule has 0 saturated heterocycles. The molecular formula is C4H8Cl2NO2+. The predicted molar refractivity (Wildman–Crippen MR) is 34.9 cm³/mol. The van der Waals surface area contributed by atoms with Gasteiger partial charge in [-0.25, -0.2) is 0 Å². The number of nitrogens with zero attached hydrogens (tertiary/aromatic N) is 1. The first-order valence-corrected chi connectivity index (χ1v) is 3.09. The summed E-state index contributed by atoms with van der Waals surface area (Å²) in [4.78, 5) is 10.6. The minimum Gasteiger partial charge on any atom is -0.418 e. The highest BCUT2D eigenvalue weighted by molar-refractivity contribution is 6.28. The summed E-state index contributed by atoms with van der Waals surface area (Å²) >= 11 is 10.6. The van der Waals surface area contributed by atoms with E-state index < -0.39 is 9.61 Å². The van der Waals surface area contributed by atoms with Gasteiger partial charge in [-0.2, -0.15) is 4.79 Å². The van der Waals surface area contributed by atoms with Crippen LogP contribution in [0, 0.1) is 0 Å². The van der Waals surface area contributed by atoms with E-state index in [2.05, 4.69) is 4.74 Å². The lowest BCUT2D eigenvalue weighted by atomic mass is 10.9. The van der Waals surface area contributed by atoms with Gasteiger partial charge in [-0.1, -0.05) is 0 Å². The second-order valence-corrected chi connectivity index (χ2v) is 3.02. The second-order valence-electron chi connectivity index (χ2n) is 1.49. The van der Waals surface area contributed by atoms with Gasteiger partial charge in [0.05, 0.1) is 6.61 Å². The third-order valence-electron chi connectivity index (χ3n) is 0.588. The van der Waals surface area contributed by atoms with Crippen LogP contribution < -0.4 is 0 Å². The lowest BCUT2D eigenvalue weighted by molar-refractivity contribution is -0.581. The highest BCUT2D eigenvalue weighted by Gasteiger charge is 2.31. The summed E-state index contributed by atoms with van der Waals surface area (Å²) in [6.07, 6.45) is -0.666. The maximum absolute atomic E-state index is 10.6. The molecule has 0 radical (unpaired) electrons. The molecule has 0 aromatic heterocycles. The first-order valence-electron chi connectivity index (χ1n) is 2.41. The Balaban J connectivity index is 3.74. The molecule has 0 aliphatic carbocycles. The Bertz CT molecular complexity index is 110. The minimum atomic E-state index is -0.826. The Kier molecular flexibility index (Phi) is 3.25. The van der Waals surface area contributed by atoms with Gasteiger partial charge in [0, 0.05) is 0 Å². The van der Waals surface area contributed by atoms with Crippen molar-refractivity contribution in [2.24, 2.45) is 0 Å². The fourth-order valence-corrected chi connectivity index (χ4v) is 0.334. The summed E-state index contributed by atoms with van der Waals surface area (Å²) < 4.78 is 3.65. The summed E-state index contributed by atoms with van der Waals surface area (Å²) in [6.45, 7) is 1.97. The number of amides is 1. The number of rotatable bonds is 1. The molecule has 54 valence electrons. The molecule has 0 N–H and O–H groups in total. The van der Waals surface area contributed by atoms with Gasteiger partial charge in [0.15, 0.2) is 23.6 Å². The zero-order chi connectivity index (χ0) is 7.49. The summed E-state index contributed by atoms with van der Waals surface area (Å²) in [6, 6.07) is 0. The maximum atomic E-state index is 10.6. The topological polar surface area (TPSA) is 26.3 Å². The van der Waals surface area contributed by atoms with Gasteiger partial charge in [0.2, 0.25) is 0 Å². The lowest BCUT2D eigenvalue weighted by Gasteiger charge is -2.07. The quantitative estimate of drug-likeness (QED) is 0.566. The van der Waals surface area contributed by atoms with Gasteiger partial charge in [-0.05, 0) is 10.4 Å². The van der Waals surface area contributed by atoms with E-state index >= 15 is 0 Å². The summed E-state index contributed by atoms with van der Waals surface area (Å²) in [5.41, 5.74) is 0. The predicted octanol–water partition coefficient (Wildman–Crippen LogP) is 1.90. The molecule has 0 aliphatic rings. The van der Waals surface area contributed by atoms with Crippen molar-refractivity contribution < 1.29 is 13.1 Å². The number of ether oxygens (including phenoxy) is 1. The van der Waals surface area contributed by atoms with Crippen molar-refractivity contribution in [3.05, 3.63) is 0 Å². The molecule has 3 nitrogen and oxygen atoms in total. The van der Waals surface area contributed by atoms with Crippen molar-refractivity contribution in [2.45, 2.75) is 6.92 Å². The third kappa shape index (κ3) is 3.56. The molecule has 0 aromatic carbocycles. The van der Waals surface area contributed by atoms with Crippen LogP contribution in [0.5, 0.6) is 0 Å². The Morgan fingerprint density at radius 2 is 2.11 bits per heavy atom. The van der Waals surface area contributed by atoms with Crippen LogP contribution in [-0.4, -0.2) is 23.3 Å². The lowest BCUT2D eigenvalue weighted by Crippen LogP contribution is -2.30. The van der Waals surface area contributed by atoms with Gasteiger partial charge in [-0.15, -0.1) is 0 Å². The number of carbonyl (C=O) groups is 1. The van der Waals surface area contributed by atoms with Crippen LogP contribution in [0.25, 0.3) is 0 Å². The number of hydrogen-bond donors (Lipinski definition) is 0. The molecule has 0 saturated carbocycles. The van der Waals surface area contributed by atoms with Crippen LogP contribution in [0.1, 0.15) is 6.92 Å². The van der Waals surface area contributed by atoms with E-state index in [9.17, 15) is 4.79 Å². The summed E-state index contributed by atoms with van der Waals surface area (Å²) in [7, 11) is 1.31. The molecule has 0 heterocycles. The molecule has 0 spiro atoms. The zero-order valence-electron chi connectivity index (χ0n) is 5.23. The highest BCUT2D eigenvalue weighted by Crippen LogP contribution is 2.14. The zero-order valence-corrected chi connectivity index (χ0v) is 6.74.